The lowest BCUT2D eigenvalue weighted by molar-refractivity contribution is 0.261. The van der Waals surface area contributed by atoms with Crippen LogP contribution in [0.25, 0.3) is 0 Å². The molecule has 0 amide bonds. The molecule has 0 spiro atoms. The Labute approximate surface area is 92.6 Å². The fourth-order valence-corrected chi connectivity index (χ4v) is 1.67. The minimum atomic E-state index is 0.169. The van der Waals surface area contributed by atoms with E-state index in [-0.39, 0.29) is 12.6 Å². The van der Waals surface area contributed by atoms with Crippen molar-refractivity contribution in [1.82, 2.24) is 5.32 Å². The van der Waals surface area contributed by atoms with Crippen LogP contribution in [0.15, 0.2) is 21.2 Å². The van der Waals surface area contributed by atoms with Crippen LogP contribution in [0.5, 0.6) is 0 Å². The number of nitrogens with one attached hydrogen (secondary N) is 1. The van der Waals surface area contributed by atoms with E-state index in [4.69, 9.17) is 9.52 Å². The summed E-state index contributed by atoms with van der Waals surface area (Å²) >= 11 is 3.26. The standard InChI is InChI=1S/C10H16BrNO2/c1-7(5-6-13)12-8(2)9-3-4-10(11)14-9/h3-4,7-8,12-13H,5-6H2,1-2H3. The van der Waals surface area contributed by atoms with E-state index in [1.165, 1.54) is 0 Å². The highest BCUT2D eigenvalue weighted by Crippen LogP contribution is 2.20. The van der Waals surface area contributed by atoms with Crippen LogP contribution in [0, 0.1) is 0 Å². The van der Waals surface area contributed by atoms with Crippen molar-refractivity contribution in [1.29, 1.82) is 0 Å². The van der Waals surface area contributed by atoms with Crippen LogP contribution in [-0.4, -0.2) is 17.8 Å². The van der Waals surface area contributed by atoms with E-state index < -0.39 is 0 Å². The summed E-state index contributed by atoms with van der Waals surface area (Å²) in [7, 11) is 0. The molecular formula is C10H16BrNO2. The number of aliphatic hydroxyl groups excluding tert-OH is 1. The summed E-state index contributed by atoms with van der Waals surface area (Å²) in [5, 5.41) is 12.1. The zero-order valence-corrected chi connectivity index (χ0v) is 10.0. The Morgan fingerprint density at radius 2 is 2.21 bits per heavy atom. The summed E-state index contributed by atoms with van der Waals surface area (Å²) in [6, 6.07) is 4.28. The molecule has 0 saturated carbocycles. The summed E-state index contributed by atoms with van der Waals surface area (Å²) in [5.41, 5.74) is 0. The van der Waals surface area contributed by atoms with Gasteiger partial charge in [-0.2, -0.15) is 0 Å². The molecule has 1 aromatic rings. The van der Waals surface area contributed by atoms with E-state index in [1.807, 2.05) is 26.0 Å². The minimum absolute atomic E-state index is 0.169. The van der Waals surface area contributed by atoms with Crippen molar-refractivity contribution >= 4 is 15.9 Å². The number of furan rings is 1. The summed E-state index contributed by atoms with van der Waals surface area (Å²) in [5.74, 6) is 0.904. The van der Waals surface area contributed by atoms with E-state index in [1.54, 1.807) is 0 Å². The van der Waals surface area contributed by atoms with Gasteiger partial charge >= 0.3 is 0 Å². The van der Waals surface area contributed by atoms with Crippen molar-refractivity contribution in [2.24, 2.45) is 0 Å². The Kier molecular flexibility index (Phi) is 4.65. The van der Waals surface area contributed by atoms with Crippen molar-refractivity contribution in [3.63, 3.8) is 0 Å². The molecule has 0 aliphatic carbocycles. The molecule has 0 fully saturated rings. The molecule has 0 saturated heterocycles. The maximum Gasteiger partial charge on any atom is 0.169 e. The first-order chi connectivity index (χ1) is 6.63. The van der Waals surface area contributed by atoms with Gasteiger partial charge in [0.05, 0.1) is 6.04 Å². The molecule has 1 heterocycles. The van der Waals surface area contributed by atoms with E-state index >= 15 is 0 Å². The lowest BCUT2D eigenvalue weighted by atomic mass is 10.2. The number of hydrogen-bond donors (Lipinski definition) is 2. The van der Waals surface area contributed by atoms with Gasteiger partial charge in [-0.25, -0.2) is 0 Å². The highest BCUT2D eigenvalue weighted by Gasteiger charge is 2.12. The van der Waals surface area contributed by atoms with E-state index in [2.05, 4.69) is 21.2 Å². The third-order valence-electron chi connectivity index (χ3n) is 2.12. The zero-order chi connectivity index (χ0) is 10.6. The van der Waals surface area contributed by atoms with Crippen LogP contribution in [-0.2, 0) is 0 Å². The van der Waals surface area contributed by atoms with Crippen molar-refractivity contribution in [3.8, 4) is 0 Å². The first-order valence-electron chi connectivity index (χ1n) is 4.75. The van der Waals surface area contributed by atoms with Crippen LogP contribution in [0.3, 0.4) is 0 Å². The van der Waals surface area contributed by atoms with Crippen molar-refractivity contribution in [3.05, 3.63) is 22.6 Å². The molecule has 1 aromatic heterocycles. The summed E-state index contributed by atoms with van der Waals surface area (Å²) < 4.78 is 6.16. The molecular weight excluding hydrogens is 246 g/mol. The summed E-state index contributed by atoms with van der Waals surface area (Å²) in [6.07, 6.45) is 0.756. The number of rotatable bonds is 5. The Morgan fingerprint density at radius 3 is 2.71 bits per heavy atom. The van der Waals surface area contributed by atoms with Crippen LogP contribution in [0.1, 0.15) is 32.1 Å². The predicted molar refractivity (Wildman–Crippen MR) is 59.1 cm³/mol. The first kappa shape index (κ1) is 11.8. The average molecular weight is 262 g/mol. The summed E-state index contributed by atoms with van der Waals surface area (Å²) in [6.45, 7) is 4.30. The molecule has 2 unspecified atom stereocenters. The second-order valence-corrected chi connectivity index (χ2v) is 4.23. The normalized spacial score (nSPS) is 15.4. The monoisotopic (exact) mass is 261 g/mol. The molecule has 0 aliphatic rings. The van der Waals surface area contributed by atoms with Crippen molar-refractivity contribution in [2.75, 3.05) is 6.61 Å². The molecule has 1 rings (SSSR count). The van der Waals surface area contributed by atoms with E-state index in [0.717, 1.165) is 16.9 Å². The van der Waals surface area contributed by atoms with Gasteiger partial charge < -0.3 is 14.8 Å². The molecule has 80 valence electrons. The lowest BCUT2D eigenvalue weighted by Crippen LogP contribution is -2.29. The van der Waals surface area contributed by atoms with Crippen molar-refractivity contribution in [2.45, 2.75) is 32.4 Å². The maximum absolute atomic E-state index is 8.75. The molecule has 0 radical (unpaired) electrons. The largest absolute Gasteiger partial charge is 0.453 e. The second-order valence-electron chi connectivity index (χ2n) is 3.44. The molecule has 2 atom stereocenters. The molecule has 3 nitrogen and oxygen atoms in total. The van der Waals surface area contributed by atoms with Gasteiger partial charge in [0, 0.05) is 12.6 Å². The van der Waals surface area contributed by atoms with Crippen LogP contribution in [0.2, 0.25) is 0 Å². The topological polar surface area (TPSA) is 45.4 Å². The van der Waals surface area contributed by atoms with Gasteiger partial charge in [-0.05, 0) is 48.3 Å². The van der Waals surface area contributed by atoms with Crippen LogP contribution in [0.4, 0.5) is 0 Å². The lowest BCUT2D eigenvalue weighted by Gasteiger charge is -2.17. The average Bonchev–Trinajstić information content (AvgIpc) is 2.52. The van der Waals surface area contributed by atoms with Gasteiger partial charge in [0.1, 0.15) is 5.76 Å². The fourth-order valence-electron chi connectivity index (χ4n) is 1.35. The number of halogens is 1. The Balaban J connectivity index is 2.45. The molecule has 2 N–H and O–H groups in total. The Hall–Kier alpha value is -0.320. The molecule has 0 aromatic carbocycles. The SMILES string of the molecule is CC(CCO)NC(C)c1ccc(Br)o1. The molecule has 14 heavy (non-hydrogen) atoms. The van der Waals surface area contributed by atoms with Gasteiger partial charge in [-0.1, -0.05) is 0 Å². The van der Waals surface area contributed by atoms with Crippen LogP contribution < -0.4 is 5.32 Å². The minimum Gasteiger partial charge on any atom is -0.453 e. The van der Waals surface area contributed by atoms with E-state index in [0.29, 0.717) is 6.04 Å². The number of aliphatic hydroxyl groups is 1. The van der Waals surface area contributed by atoms with Crippen molar-refractivity contribution < 1.29 is 9.52 Å². The predicted octanol–water partition coefficient (Wildman–Crippen LogP) is 2.46. The molecule has 0 aliphatic heterocycles. The third kappa shape index (κ3) is 3.44. The second kappa shape index (κ2) is 5.53. The van der Waals surface area contributed by atoms with Gasteiger partial charge in [0.25, 0.3) is 0 Å². The zero-order valence-electron chi connectivity index (χ0n) is 8.46. The number of hydrogen-bond acceptors (Lipinski definition) is 3. The van der Waals surface area contributed by atoms with Gasteiger partial charge in [-0.3, -0.25) is 0 Å². The van der Waals surface area contributed by atoms with E-state index in [9.17, 15) is 0 Å². The Morgan fingerprint density at radius 1 is 1.50 bits per heavy atom. The smallest absolute Gasteiger partial charge is 0.169 e. The highest BCUT2D eigenvalue weighted by atomic mass is 79.9. The Bertz CT molecular complexity index is 275. The van der Waals surface area contributed by atoms with Gasteiger partial charge in [0.15, 0.2) is 4.67 Å². The first-order valence-corrected chi connectivity index (χ1v) is 5.55. The highest BCUT2D eigenvalue weighted by molar-refractivity contribution is 9.10. The maximum atomic E-state index is 8.75. The summed E-state index contributed by atoms with van der Waals surface area (Å²) in [4.78, 5) is 0. The van der Waals surface area contributed by atoms with Crippen LogP contribution >= 0.6 is 15.9 Å². The van der Waals surface area contributed by atoms with Gasteiger partial charge in [0.2, 0.25) is 0 Å². The fraction of sp³-hybridized carbons (Fsp3) is 0.600. The quantitative estimate of drug-likeness (QED) is 0.856. The third-order valence-corrected chi connectivity index (χ3v) is 2.54. The van der Waals surface area contributed by atoms with Gasteiger partial charge in [-0.15, -0.1) is 0 Å². The molecule has 4 heteroatoms. The molecule has 0 bridgehead atoms.